The third kappa shape index (κ3) is 4.07. The number of rotatable bonds is 6. The third-order valence-electron chi connectivity index (χ3n) is 3.70. The Bertz CT molecular complexity index is 784. The van der Waals surface area contributed by atoms with Gasteiger partial charge in [0, 0.05) is 17.8 Å². The van der Waals surface area contributed by atoms with E-state index >= 15 is 0 Å². The molecule has 23 heavy (non-hydrogen) atoms. The van der Waals surface area contributed by atoms with E-state index in [2.05, 4.69) is 18.6 Å². The van der Waals surface area contributed by atoms with Crippen molar-refractivity contribution >= 4 is 21.4 Å². The fraction of sp³-hybridized carbons (Fsp3) is 0.250. The molecule has 0 radical (unpaired) electrons. The number of anilines is 1. The van der Waals surface area contributed by atoms with Crippen LogP contribution in [0.25, 0.3) is 0 Å². The highest BCUT2D eigenvalue weighted by atomic mass is 32.2. The normalized spacial score (nSPS) is 12.6. The van der Waals surface area contributed by atoms with Crippen LogP contribution in [0, 0.1) is 10.1 Å². The van der Waals surface area contributed by atoms with Gasteiger partial charge in [-0.3, -0.25) is 14.8 Å². The Morgan fingerprint density at radius 1 is 1.09 bits per heavy atom. The summed E-state index contributed by atoms with van der Waals surface area (Å²) in [7, 11) is -3.77. The van der Waals surface area contributed by atoms with Crippen LogP contribution in [0.2, 0.25) is 0 Å². The van der Waals surface area contributed by atoms with Gasteiger partial charge >= 0.3 is 0 Å². The first kappa shape index (κ1) is 17.0. The summed E-state index contributed by atoms with van der Waals surface area (Å²) in [5.74, 6) is 0.412. The van der Waals surface area contributed by atoms with Gasteiger partial charge in [-0.2, -0.15) is 0 Å². The summed E-state index contributed by atoms with van der Waals surface area (Å²) >= 11 is 0. The minimum absolute atomic E-state index is 0.0193. The van der Waals surface area contributed by atoms with Gasteiger partial charge in [-0.1, -0.05) is 26.0 Å². The average Bonchev–Trinajstić information content (AvgIpc) is 2.54. The highest BCUT2D eigenvalue weighted by Crippen LogP contribution is 2.23. The van der Waals surface area contributed by atoms with Gasteiger partial charge in [0.15, 0.2) is 0 Å². The Labute approximate surface area is 135 Å². The van der Waals surface area contributed by atoms with Crippen molar-refractivity contribution in [1.29, 1.82) is 0 Å². The van der Waals surface area contributed by atoms with Gasteiger partial charge in [0.05, 0.1) is 9.82 Å². The molecule has 2 aromatic rings. The van der Waals surface area contributed by atoms with E-state index < -0.39 is 14.9 Å². The molecular formula is C16H18N2O4S. The number of nitrogens with one attached hydrogen (secondary N) is 1. The molecule has 0 fully saturated rings. The van der Waals surface area contributed by atoms with Gasteiger partial charge < -0.3 is 0 Å². The SMILES string of the molecule is CC[C@@H](C)c1ccc(NS(=O)(=O)c2ccc([N+](=O)[O-])cc2)cc1. The maximum Gasteiger partial charge on any atom is 0.269 e. The fourth-order valence-electron chi connectivity index (χ4n) is 2.08. The van der Waals surface area contributed by atoms with Gasteiger partial charge in [-0.15, -0.1) is 0 Å². The number of nitro groups is 1. The van der Waals surface area contributed by atoms with Crippen LogP contribution >= 0.6 is 0 Å². The van der Waals surface area contributed by atoms with Crippen molar-refractivity contribution in [3.8, 4) is 0 Å². The quantitative estimate of drug-likeness (QED) is 0.640. The maximum atomic E-state index is 12.3. The Morgan fingerprint density at radius 2 is 1.65 bits per heavy atom. The zero-order valence-electron chi connectivity index (χ0n) is 12.9. The van der Waals surface area contributed by atoms with Crippen LogP contribution in [0.4, 0.5) is 11.4 Å². The lowest BCUT2D eigenvalue weighted by Crippen LogP contribution is -2.13. The summed E-state index contributed by atoms with van der Waals surface area (Å²) in [5.41, 5.74) is 1.45. The Hall–Kier alpha value is -2.41. The van der Waals surface area contributed by atoms with Crippen molar-refractivity contribution in [2.45, 2.75) is 31.1 Å². The smallest absolute Gasteiger partial charge is 0.269 e. The van der Waals surface area contributed by atoms with Crippen LogP contribution in [-0.2, 0) is 10.0 Å². The van der Waals surface area contributed by atoms with Gasteiger partial charge in [0.25, 0.3) is 15.7 Å². The van der Waals surface area contributed by atoms with E-state index in [1.54, 1.807) is 12.1 Å². The molecule has 0 spiro atoms. The lowest BCUT2D eigenvalue weighted by atomic mass is 9.99. The van der Waals surface area contributed by atoms with Crippen molar-refractivity contribution in [2.24, 2.45) is 0 Å². The molecule has 0 aliphatic heterocycles. The van der Waals surface area contributed by atoms with Crippen molar-refractivity contribution in [2.75, 3.05) is 4.72 Å². The van der Waals surface area contributed by atoms with Gasteiger partial charge in [0.1, 0.15) is 0 Å². The monoisotopic (exact) mass is 334 g/mol. The summed E-state index contributed by atoms with van der Waals surface area (Å²) in [6, 6.07) is 12.0. The van der Waals surface area contributed by atoms with Crippen LogP contribution in [0.15, 0.2) is 53.4 Å². The first-order valence-electron chi connectivity index (χ1n) is 7.20. The predicted octanol–water partition coefficient (Wildman–Crippen LogP) is 3.91. The largest absolute Gasteiger partial charge is 0.280 e. The van der Waals surface area contributed by atoms with Crippen LogP contribution in [0.5, 0.6) is 0 Å². The summed E-state index contributed by atoms with van der Waals surface area (Å²) < 4.78 is 27.0. The lowest BCUT2D eigenvalue weighted by molar-refractivity contribution is -0.384. The number of sulfonamides is 1. The van der Waals surface area contributed by atoms with E-state index in [1.807, 2.05) is 12.1 Å². The summed E-state index contributed by atoms with van der Waals surface area (Å²) in [6.07, 6.45) is 1.01. The number of hydrogen-bond acceptors (Lipinski definition) is 4. The van der Waals surface area contributed by atoms with E-state index in [-0.39, 0.29) is 10.6 Å². The first-order valence-corrected chi connectivity index (χ1v) is 8.69. The first-order chi connectivity index (χ1) is 10.8. The highest BCUT2D eigenvalue weighted by molar-refractivity contribution is 7.92. The molecule has 7 heteroatoms. The molecule has 0 heterocycles. The number of nitrogens with zero attached hydrogens (tertiary/aromatic N) is 1. The number of hydrogen-bond donors (Lipinski definition) is 1. The molecular weight excluding hydrogens is 316 g/mol. The van der Waals surface area contributed by atoms with E-state index in [9.17, 15) is 18.5 Å². The van der Waals surface area contributed by atoms with Crippen molar-refractivity contribution in [3.05, 3.63) is 64.2 Å². The van der Waals surface area contributed by atoms with E-state index in [4.69, 9.17) is 0 Å². The zero-order valence-corrected chi connectivity index (χ0v) is 13.7. The standard InChI is InChI=1S/C16H18N2O4S/c1-3-12(2)13-4-6-14(7-5-13)17-23(21,22)16-10-8-15(9-11-16)18(19)20/h4-12,17H,3H2,1-2H3/t12-/m1/s1. The van der Waals surface area contributed by atoms with Crippen LogP contribution in [0.1, 0.15) is 31.7 Å². The molecule has 0 unspecified atom stereocenters. The maximum absolute atomic E-state index is 12.3. The lowest BCUT2D eigenvalue weighted by Gasteiger charge is -2.11. The minimum atomic E-state index is -3.77. The molecule has 122 valence electrons. The predicted molar refractivity (Wildman–Crippen MR) is 89.1 cm³/mol. The topological polar surface area (TPSA) is 89.3 Å². The summed E-state index contributed by atoms with van der Waals surface area (Å²) in [5, 5.41) is 10.6. The van der Waals surface area contributed by atoms with Gasteiger partial charge in [0.2, 0.25) is 0 Å². The van der Waals surface area contributed by atoms with Crippen LogP contribution in [-0.4, -0.2) is 13.3 Å². The zero-order chi connectivity index (χ0) is 17.0. The molecule has 0 saturated carbocycles. The van der Waals surface area contributed by atoms with Gasteiger partial charge in [-0.05, 0) is 42.2 Å². The fourth-order valence-corrected chi connectivity index (χ4v) is 3.14. The van der Waals surface area contributed by atoms with E-state index in [1.165, 1.54) is 24.3 Å². The van der Waals surface area contributed by atoms with E-state index in [0.29, 0.717) is 11.6 Å². The van der Waals surface area contributed by atoms with Crippen LogP contribution in [0.3, 0.4) is 0 Å². The molecule has 0 aromatic heterocycles. The number of benzene rings is 2. The molecule has 1 atom stereocenters. The molecule has 0 amide bonds. The second-order valence-corrected chi connectivity index (χ2v) is 6.97. The van der Waals surface area contributed by atoms with Crippen LogP contribution < -0.4 is 4.72 Å². The highest BCUT2D eigenvalue weighted by Gasteiger charge is 2.16. The van der Waals surface area contributed by atoms with E-state index in [0.717, 1.165) is 12.0 Å². The number of nitro benzene ring substituents is 1. The Kier molecular flexibility index (Phi) is 5.00. The van der Waals surface area contributed by atoms with Gasteiger partial charge in [-0.25, -0.2) is 8.42 Å². The second-order valence-electron chi connectivity index (χ2n) is 5.29. The van der Waals surface area contributed by atoms with Crippen molar-refractivity contribution in [1.82, 2.24) is 0 Å². The third-order valence-corrected chi connectivity index (χ3v) is 5.10. The molecule has 2 aromatic carbocycles. The molecule has 0 saturated heterocycles. The molecule has 6 nitrogen and oxygen atoms in total. The van der Waals surface area contributed by atoms with Crippen molar-refractivity contribution in [3.63, 3.8) is 0 Å². The average molecular weight is 334 g/mol. The number of non-ortho nitro benzene ring substituents is 1. The second kappa shape index (κ2) is 6.78. The van der Waals surface area contributed by atoms with Crippen molar-refractivity contribution < 1.29 is 13.3 Å². The molecule has 0 aliphatic rings. The molecule has 0 aliphatic carbocycles. The minimum Gasteiger partial charge on any atom is -0.280 e. The Morgan fingerprint density at radius 3 is 2.13 bits per heavy atom. The molecule has 0 bridgehead atoms. The molecule has 1 N–H and O–H groups in total. The molecule has 2 rings (SSSR count). The summed E-state index contributed by atoms with van der Waals surface area (Å²) in [6.45, 7) is 4.20. The Balaban J connectivity index is 2.19. The summed E-state index contributed by atoms with van der Waals surface area (Å²) in [4.78, 5) is 10.0.